The van der Waals surface area contributed by atoms with E-state index in [0.29, 0.717) is 11.4 Å². The van der Waals surface area contributed by atoms with Crippen molar-refractivity contribution in [2.75, 3.05) is 11.5 Å². The molecule has 1 heterocycles. The van der Waals surface area contributed by atoms with Gasteiger partial charge in [0.15, 0.2) is 0 Å². The Balaban J connectivity index is 2.55. The quantitative estimate of drug-likeness (QED) is 0.691. The highest BCUT2D eigenvalue weighted by Gasteiger charge is 2.04. The average molecular weight is 202 g/mol. The van der Waals surface area contributed by atoms with Crippen LogP contribution in [0.25, 0.3) is 5.69 Å². The largest absolute Gasteiger partial charge is 0.397 e. The zero-order valence-electron chi connectivity index (χ0n) is 8.86. The summed E-state index contributed by atoms with van der Waals surface area (Å²) in [5, 5.41) is 0. The molecule has 0 aliphatic carbocycles. The predicted molar refractivity (Wildman–Crippen MR) is 61.9 cm³/mol. The van der Waals surface area contributed by atoms with Crippen LogP contribution in [0.3, 0.4) is 0 Å². The smallest absolute Gasteiger partial charge is 0.0995 e. The normalized spacial score (nSPS) is 10.5. The van der Waals surface area contributed by atoms with Crippen LogP contribution in [0.1, 0.15) is 11.3 Å². The van der Waals surface area contributed by atoms with Gasteiger partial charge >= 0.3 is 0 Å². The molecule has 78 valence electrons. The molecule has 0 aliphatic rings. The summed E-state index contributed by atoms with van der Waals surface area (Å²) in [6, 6.07) is 3.84. The Morgan fingerprint density at radius 3 is 2.47 bits per heavy atom. The third-order valence-electron chi connectivity index (χ3n) is 2.41. The van der Waals surface area contributed by atoms with E-state index >= 15 is 0 Å². The summed E-state index contributed by atoms with van der Waals surface area (Å²) < 4.78 is 1.93. The van der Waals surface area contributed by atoms with Crippen LogP contribution in [0.15, 0.2) is 24.7 Å². The number of benzene rings is 1. The molecule has 15 heavy (non-hydrogen) atoms. The van der Waals surface area contributed by atoms with Crippen molar-refractivity contribution in [2.24, 2.45) is 0 Å². The summed E-state index contributed by atoms with van der Waals surface area (Å²) >= 11 is 0. The predicted octanol–water partition coefficient (Wildman–Crippen LogP) is 1.65. The van der Waals surface area contributed by atoms with Gasteiger partial charge in [-0.05, 0) is 31.5 Å². The van der Waals surface area contributed by atoms with Crippen LogP contribution in [-0.4, -0.2) is 9.55 Å². The molecule has 0 amide bonds. The Morgan fingerprint density at radius 2 is 1.93 bits per heavy atom. The molecule has 2 aromatic rings. The maximum Gasteiger partial charge on any atom is 0.0995 e. The lowest BCUT2D eigenvalue weighted by Gasteiger charge is -2.08. The van der Waals surface area contributed by atoms with Gasteiger partial charge in [0.2, 0.25) is 0 Å². The van der Waals surface area contributed by atoms with Crippen LogP contribution in [0.2, 0.25) is 0 Å². The minimum Gasteiger partial charge on any atom is -0.397 e. The average Bonchev–Trinajstić information content (AvgIpc) is 2.60. The molecular formula is C11H14N4. The van der Waals surface area contributed by atoms with Crippen molar-refractivity contribution >= 4 is 11.4 Å². The van der Waals surface area contributed by atoms with Crippen molar-refractivity contribution in [3.8, 4) is 5.69 Å². The van der Waals surface area contributed by atoms with E-state index in [1.165, 1.54) is 0 Å². The Bertz CT molecular complexity index is 476. The first-order valence-electron chi connectivity index (χ1n) is 4.74. The second-order valence-corrected chi connectivity index (χ2v) is 3.69. The molecule has 4 nitrogen and oxygen atoms in total. The standard InChI is InChI=1S/C11H14N4/c1-7-3-9(4-10(12)11(7)13)15-5-8(2)14-6-15/h3-6H,12-13H2,1-2H3. The number of nitrogen functional groups attached to an aromatic ring is 2. The minimum absolute atomic E-state index is 0.608. The molecule has 0 saturated carbocycles. The van der Waals surface area contributed by atoms with Crippen molar-refractivity contribution in [3.05, 3.63) is 35.9 Å². The number of aromatic nitrogens is 2. The number of nitrogens with zero attached hydrogens (tertiary/aromatic N) is 2. The van der Waals surface area contributed by atoms with E-state index < -0.39 is 0 Å². The summed E-state index contributed by atoms with van der Waals surface area (Å²) in [6.07, 6.45) is 3.71. The fourth-order valence-electron chi connectivity index (χ4n) is 1.52. The van der Waals surface area contributed by atoms with E-state index in [1.54, 1.807) is 6.33 Å². The highest BCUT2D eigenvalue weighted by atomic mass is 15.0. The van der Waals surface area contributed by atoms with Crippen LogP contribution < -0.4 is 11.5 Å². The lowest BCUT2D eigenvalue weighted by atomic mass is 10.1. The van der Waals surface area contributed by atoms with Gasteiger partial charge in [0.05, 0.1) is 23.4 Å². The number of hydrogen-bond donors (Lipinski definition) is 2. The van der Waals surface area contributed by atoms with Gasteiger partial charge in [-0.3, -0.25) is 0 Å². The van der Waals surface area contributed by atoms with Crippen LogP contribution in [-0.2, 0) is 0 Å². The monoisotopic (exact) mass is 202 g/mol. The van der Waals surface area contributed by atoms with Crippen LogP contribution >= 0.6 is 0 Å². The lowest BCUT2D eigenvalue weighted by Crippen LogP contribution is -2.00. The van der Waals surface area contributed by atoms with Crippen molar-refractivity contribution in [2.45, 2.75) is 13.8 Å². The molecule has 0 fully saturated rings. The molecule has 0 unspecified atom stereocenters. The van der Waals surface area contributed by atoms with Crippen LogP contribution in [0.4, 0.5) is 11.4 Å². The van der Waals surface area contributed by atoms with Gasteiger partial charge in [-0.15, -0.1) is 0 Å². The third kappa shape index (κ3) is 1.66. The molecule has 0 radical (unpaired) electrons. The fourth-order valence-corrected chi connectivity index (χ4v) is 1.52. The second kappa shape index (κ2) is 3.31. The van der Waals surface area contributed by atoms with Crippen molar-refractivity contribution in [1.82, 2.24) is 9.55 Å². The second-order valence-electron chi connectivity index (χ2n) is 3.69. The zero-order valence-corrected chi connectivity index (χ0v) is 8.86. The van der Waals surface area contributed by atoms with Gasteiger partial charge in [-0.25, -0.2) is 4.98 Å². The number of anilines is 2. The molecular weight excluding hydrogens is 188 g/mol. The molecule has 2 rings (SSSR count). The van der Waals surface area contributed by atoms with Gasteiger partial charge in [0.25, 0.3) is 0 Å². The Kier molecular flexibility index (Phi) is 2.11. The Hall–Kier alpha value is -1.97. The van der Waals surface area contributed by atoms with Crippen molar-refractivity contribution in [1.29, 1.82) is 0 Å². The van der Waals surface area contributed by atoms with E-state index in [-0.39, 0.29) is 0 Å². The summed E-state index contributed by atoms with van der Waals surface area (Å²) in [7, 11) is 0. The first-order chi connectivity index (χ1) is 7.08. The van der Waals surface area contributed by atoms with E-state index in [2.05, 4.69) is 4.98 Å². The summed E-state index contributed by atoms with van der Waals surface area (Å²) in [5.41, 5.74) is 15.8. The molecule has 4 N–H and O–H groups in total. The van der Waals surface area contributed by atoms with Gasteiger partial charge < -0.3 is 16.0 Å². The molecule has 0 bridgehead atoms. The molecule has 1 aromatic heterocycles. The molecule has 1 aromatic carbocycles. The lowest BCUT2D eigenvalue weighted by molar-refractivity contribution is 1.05. The third-order valence-corrected chi connectivity index (χ3v) is 2.41. The van der Waals surface area contributed by atoms with E-state index in [0.717, 1.165) is 16.9 Å². The molecule has 0 atom stereocenters. The van der Waals surface area contributed by atoms with E-state index in [4.69, 9.17) is 11.5 Å². The summed E-state index contributed by atoms with van der Waals surface area (Å²) in [6.45, 7) is 3.89. The maximum atomic E-state index is 5.81. The zero-order chi connectivity index (χ0) is 11.0. The SMILES string of the molecule is Cc1cn(-c2cc(C)c(N)c(N)c2)cn1. The van der Waals surface area contributed by atoms with Crippen LogP contribution in [0, 0.1) is 13.8 Å². The number of aryl methyl sites for hydroxylation is 2. The summed E-state index contributed by atoms with van der Waals surface area (Å²) in [5.74, 6) is 0. The number of hydrogen-bond acceptors (Lipinski definition) is 3. The van der Waals surface area contributed by atoms with Gasteiger partial charge in [-0.2, -0.15) is 0 Å². The maximum absolute atomic E-state index is 5.81. The van der Waals surface area contributed by atoms with Crippen LogP contribution in [0.5, 0.6) is 0 Å². The van der Waals surface area contributed by atoms with E-state index in [9.17, 15) is 0 Å². The molecule has 0 spiro atoms. The fraction of sp³-hybridized carbons (Fsp3) is 0.182. The number of imidazole rings is 1. The highest BCUT2D eigenvalue weighted by molar-refractivity contribution is 5.70. The first-order valence-corrected chi connectivity index (χ1v) is 4.74. The van der Waals surface area contributed by atoms with Crippen molar-refractivity contribution < 1.29 is 0 Å². The summed E-state index contributed by atoms with van der Waals surface area (Å²) in [4.78, 5) is 4.17. The highest BCUT2D eigenvalue weighted by Crippen LogP contribution is 2.23. The number of nitrogens with two attached hydrogens (primary N) is 2. The first kappa shape index (κ1) is 9.58. The van der Waals surface area contributed by atoms with Gasteiger partial charge in [-0.1, -0.05) is 0 Å². The Morgan fingerprint density at radius 1 is 1.20 bits per heavy atom. The van der Waals surface area contributed by atoms with Gasteiger partial charge in [0, 0.05) is 11.9 Å². The Labute approximate surface area is 88.5 Å². The van der Waals surface area contributed by atoms with Crippen molar-refractivity contribution in [3.63, 3.8) is 0 Å². The molecule has 0 saturated heterocycles. The molecule has 4 heteroatoms. The molecule has 0 aliphatic heterocycles. The number of rotatable bonds is 1. The minimum atomic E-state index is 0.608. The topological polar surface area (TPSA) is 69.9 Å². The van der Waals surface area contributed by atoms with Gasteiger partial charge in [0.1, 0.15) is 0 Å². The van der Waals surface area contributed by atoms with E-state index in [1.807, 2.05) is 36.7 Å².